The second kappa shape index (κ2) is 46.2. The van der Waals surface area contributed by atoms with Gasteiger partial charge in [0.05, 0.1) is 26.4 Å². The number of phosphoric ester groups is 2. The van der Waals surface area contributed by atoms with Crippen LogP contribution < -0.4 is 0 Å². The molecule has 15 nitrogen and oxygen atoms in total. The van der Waals surface area contributed by atoms with Crippen molar-refractivity contribution in [3.8, 4) is 0 Å². The monoisotopic (exact) mass is 987 g/mol. The van der Waals surface area contributed by atoms with Gasteiger partial charge in [0.15, 0.2) is 0 Å². The van der Waals surface area contributed by atoms with E-state index in [0.717, 1.165) is 38.5 Å². The summed E-state index contributed by atoms with van der Waals surface area (Å²) < 4.78 is 53.1. The molecule has 0 rings (SSSR count). The minimum Gasteiger partial charge on any atom is -0.463 e. The van der Waals surface area contributed by atoms with Gasteiger partial charge in [0.25, 0.3) is 0 Å². The second-order valence-electron chi connectivity index (χ2n) is 17.9. The Morgan fingerprint density at radius 2 is 0.606 bits per heavy atom. The molecule has 0 aromatic rings. The van der Waals surface area contributed by atoms with Crippen molar-refractivity contribution in [3.63, 3.8) is 0 Å². The van der Waals surface area contributed by atoms with E-state index in [9.17, 15) is 43.8 Å². The molecule has 0 aliphatic carbocycles. The number of rotatable bonds is 51. The zero-order valence-electron chi connectivity index (χ0n) is 41.4. The Hall–Kier alpha value is -1.22. The Morgan fingerprint density at radius 3 is 0.879 bits per heavy atom. The van der Waals surface area contributed by atoms with Crippen molar-refractivity contribution < 1.29 is 71.4 Å². The minimum absolute atomic E-state index is 0.197. The number of esters is 2. The van der Waals surface area contributed by atoms with Gasteiger partial charge in [-0.15, -0.1) is 0 Å². The molecule has 0 aromatic heterocycles. The van der Waals surface area contributed by atoms with E-state index in [1.54, 1.807) is 0 Å². The number of unbranched alkanes of at least 4 members (excludes halogenated alkanes) is 29. The summed E-state index contributed by atoms with van der Waals surface area (Å²) in [6.45, 7) is 0.465. The van der Waals surface area contributed by atoms with Crippen LogP contribution in [-0.4, -0.2) is 95.0 Å². The molecule has 5 unspecified atom stereocenters. The maximum atomic E-state index is 12.2. The molecule has 0 aliphatic rings. The molecule has 0 radical (unpaired) electrons. The average molecular weight is 987 g/mol. The number of phosphoric acid groups is 2. The lowest BCUT2D eigenvalue weighted by Crippen LogP contribution is -2.25. The van der Waals surface area contributed by atoms with Crippen molar-refractivity contribution in [2.45, 2.75) is 250 Å². The van der Waals surface area contributed by atoms with Crippen LogP contribution in [0.4, 0.5) is 0 Å². The largest absolute Gasteiger partial charge is 0.472 e. The zero-order chi connectivity index (χ0) is 48.8. The third-order valence-electron chi connectivity index (χ3n) is 11.2. The van der Waals surface area contributed by atoms with Crippen molar-refractivity contribution in [2.75, 3.05) is 39.6 Å². The third kappa shape index (κ3) is 47.8. The fraction of sp³-hybridized carbons (Fsp3) is 0.918. The average Bonchev–Trinajstić information content (AvgIpc) is 3.29. The number of hydrogen-bond donors (Lipinski definition) is 5. The summed E-state index contributed by atoms with van der Waals surface area (Å²) in [7, 11) is -9.56. The van der Waals surface area contributed by atoms with Gasteiger partial charge in [0.2, 0.25) is 0 Å². The molecule has 0 fully saturated rings. The van der Waals surface area contributed by atoms with Crippen molar-refractivity contribution in [2.24, 2.45) is 0 Å². The highest BCUT2D eigenvalue weighted by atomic mass is 31.2. The van der Waals surface area contributed by atoms with Crippen molar-refractivity contribution in [3.05, 3.63) is 12.2 Å². The van der Waals surface area contributed by atoms with Gasteiger partial charge in [0, 0.05) is 12.8 Å². The quantitative estimate of drug-likeness (QED) is 0.0165. The van der Waals surface area contributed by atoms with E-state index in [2.05, 4.69) is 35.0 Å². The van der Waals surface area contributed by atoms with E-state index in [-0.39, 0.29) is 12.8 Å². The molecular formula is C49H96O15P2. The Morgan fingerprint density at radius 1 is 0.379 bits per heavy atom. The van der Waals surface area contributed by atoms with E-state index in [1.165, 1.54) is 154 Å². The normalized spacial score (nSPS) is 15.1. The summed E-state index contributed by atoms with van der Waals surface area (Å²) in [4.78, 5) is 43.8. The summed E-state index contributed by atoms with van der Waals surface area (Å²) in [5, 5.41) is 30.1. The molecular weight excluding hydrogens is 890 g/mol. The number of hydrogen-bond acceptors (Lipinski definition) is 13. The number of carbonyl (C=O) groups excluding carboxylic acids is 2. The predicted octanol–water partition coefficient (Wildman–Crippen LogP) is 12.3. The van der Waals surface area contributed by atoms with Gasteiger partial charge in [-0.25, -0.2) is 9.13 Å². The number of allylic oxidation sites excluding steroid dienone is 2. The highest BCUT2D eigenvalue weighted by Gasteiger charge is 2.28. The fourth-order valence-corrected chi connectivity index (χ4v) is 8.74. The van der Waals surface area contributed by atoms with Crippen LogP contribution in [0.3, 0.4) is 0 Å². The molecule has 5 atom stereocenters. The Bertz CT molecular complexity index is 1240. The number of aliphatic hydroxyl groups excluding tert-OH is 3. The first-order valence-electron chi connectivity index (χ1n) is 26.0. The van der Waals surface area contributed by atoms with E-state index in [1.807, 2.05) is 0 Å². The molecule has 0 aromatic carbocycles. The molecule has 0 spiro atoms. The highest BCUT2D eigenvalue weighted by molar-refractivity contribution is 7.47. The predicted molar refractivity (Wildman–Crippen MR) is 261 cm³/mol. The lowest BCUT2D eigenvalue weighted by molar-refractivity contribution is -0.148. The van der Waals surface area contributed by atoms with Crippen LogP contribution >= 0.6 is 15.6 Å². The van der Waals surface area contributed by atoms with E-state index >= 15 is 0 Å². The van der Waals surface area contributed by atoms with Crippen LogP contribution in [0.15, 0.2) is 12.2 Å². The van der Waals surface area contributed by atoms with Crippen LogP contribution in [-0.2, 0) is 46.3 Å². The summed E-state index contributed by atoms with van der Waals surface area (Å²) in [6.07, 6.45) is 39.1. The molecule has 66 heavy (non-hydrogen) atoms. The lowest BCUT2D eigenvalue weighted by atomic mass is 10.0. The lowest BCUT2D eigenvalue weighted by Gasteiger charge is -2.19. The molecule has 17 heteroatoms. The molecule has 0 bridgehead atoms. The minimum atomic E-state index is -4.78. The van der Waals surface area contributed by atoms with E-state index in [0.29, 0.717) is 12.8 Å². The molecule has 0 aliphatic heterocycles. The molecule has 0 amide bonds. The van der Waals surface area contributed by atoms with Crippen molar-refractivity contribution >= 4 is 27.6 Å². The maximum absolute atomic E-state index is 12.2. The molecule has 0 saturated heterocycles. The SMILES string of the molecule is CCCCCCCC/C=C/CCCCCCCCCCCC(=O)OCC(O)COP(=O)(O)OCC(O)COP(=O)(O)OCC(O)COC(=O)CCCCCCCCCCCCCCCCC. The topological polar surface area (TPSA) is 225 Å². The van der Waals surface area contributed by atoms with Gasteiger partial charge >= 0.3 is 27.6 Å². The third-order valence-corrected chi connectivity index (χ3v) is 13.1. The van der Waals surface area contributed by atoms with Gasteiger partial charge in [-0.2, -0.15) is 0 Å². The van der Waals surface area contributed by atoms with Crippen LogP contribution in [0.1, 0.15) is 232 Å². The standard InChI is InChI=1S/C49H96O15P2/c1-3-5-7-9-11-13-15-17-19-20-21-22-24-26-28-30-32-34-36-38-49(54)60-40-46(51)42-62-66(57,58)64-44-47(52)43-63-65(55,56)61-41-45(50)39-59-48(53)37-35-33-31-29-27-25-23-18-16-14-12-10-8-6-4-2/h17,19,45-47,50-52H,3-16,18,20-44H2,1-2H3,(H,55,56)(H,57,58)/b19-17+. The van der Waals surface area contributed by atoms with Gasteiger partial charge in [0.1, 0.15) is 31.5 Å². The van der Waals surface area contributed by atoms with E-state index < -0.39 is 85.5 Å². The molecule has 0 heterocycles. The van der Waals surface area contributed by atoms with Crippen LogP contribution in [0, 0.1) is 0 Å². The van der Waals surface area contributed by atoms with Gasteiger partial charge in [-0.05, 0) is 38.5 Å². The van der Waals surface area contributed by atoms with Crippen LogP contribution in [0.2, 0.25) is 0 Å². The number of carbonyl (C=O) groups is 2. The van der Waals surface area contributed by atoms with E-state index in [4.69, 9.17) is 18.5 Å². The molecule has 0 saturated carbocycles. The first kappa shape index (κ1) is 64.8. The zero-order valence-corrected chi connectivity index (χ0v) is 43.2. The Balaban J connectivity index is 3.83. The second-order valence-corrected chi connectivity index (χ2v) is 20.8. The molecule has 392 valence electrons. The summed E-state index contributed by atoms with van der Waals surface area (Å²) >= 11 is 0. The van der Waals surface area contributed by atoms with Crippen molar-refractivity contribution in [1.29, 1.82) is 0 Å². The van der Waals surface area contributed by atoms with Gasteiger partial charge < -0.3 is 34.6 Å². The number of ether oxygens (including phenoxy) is 2. The van der Waals surface area contributed by atoms with Crippen LogP contribution in [0.5, 0.6) is 0 Å². The van der Waals surface area contributed by atoms with Gasteiger partial charge in [-0.3, -0.25) is 27.7 Å². The fourth-order valence-electron chi connectivity index (χ4n) is 7.15. The first-order chi connectivity index (χ1) is 31.8. The Kier molecular flexibility index (Phi) is 45.3. The van der Waals surface area contributed by atoms with Gasteiger partial charge in [-0.1, -0.05) is 193 Å². The molecule has 5 N–H and O–H groups in total. The first-order valence-corrected chi connectivity index (χ1v) is 29.0. The summed E-state index contributed by atoms with van der Waals surface area (Å²) in [5.41, 5.74) is 0. The maximum Gasteiger partial charge on any atom is 0.472 e. The van der Waals surface area contributed by atoms with Crippen molar-refractivity contribution in [1.82, 2.24) is 0 Å². The highest BCUT2D eigenvalue weighted by Crippen LogP contribution is 2.45. The summed E-state index contributed by atoms with van der Waals surface area (Å²) in [5.74, 6) is -0.987. The number of aliphatic hydroxyl groups is 3. The summed E-state index contributed by atoms with van der Waals surface area (Å²) in [6, 6.07) is 0. The Labute approximate surface area is 400 Å². The van der Waals surface area contributed by atoms with Crippen LogP contribution in [0.25, 0.3) is 0 Å². The smallest absolute Gasteiger partial charge is 0.463 e.